The summed E-state index contributed by atoms with van der Waals surface area (Å²) in [7, 11) is 0. The van der Waals surface area contributed by atoms with E-state index in [4.69, 9.17) is 0 Å². The largest absolute Gasteiger partial charge is 0.525 e. The van der Waals surface area contributed by atoms with Crippen LogP contribution in [0.15, 0.2) is 0 Å². The molecule has 0 spiro atoms. The molecule has 0 saturated carbocycles. The van der Waals surface area contributed by atoms with Crippen molar-refractivity contribution < 1.29 is 40.2 Å². The molecule has 1 aliphatic heterocycles. The van der Waals surface area contributed by atoms with Crippen molar-refractivity contribution in [1.29, 1.82) is 0 Å². The lowest BCUT2D eigenvalue weighted by Crippen LogP contribution is -2.48. The third-order valence-corrected chi connectivity index (χ3v) is 1.59. The molecule has 1 saturated heterocycles. The molecule has 0 radical (unpaired) electrons. The van der Waals surface area contributed by atoms with Gasteiger partial charge in [-0.15, -0.1) is 13.2 Å². The minimum absolute atomic E-state index is 0.205. The summed E-state index contributed by atoms with van der Waals surface area (Å²) in [4.78, 5) is 0. The molecule has 0 unspecified atom stereocenters. The summed E-state index contributed by atoms with van der Waals surface area (Å²) in [5, 5.41) is 0. The first-order valence-electron chi connectivity index (χ1n) is 3.68. The molecule has 9 heteroatoms. The van der Waals surface area contributed by atoms with Crippen LogP contribution in [0, 0.1) is 0 Å². The smallest absolute Gasteiger partial charge is 0.373 e. The molecular weight excluding hydrogens is 237 g/mol. The van der Waals surface area contributed by atoms with Crippen molar-refractivity contribution in [2.75, 3.05) is 6.61 Å². The van der Waals surface area contributed by atoms with Crippen LogP contribution in [0.1, 0.15) is 6.42 Å². The Labute approximate surface area is 78.9 Å². The highest BCUT2D eigenvalue weighted by atomic mass is 19.4. The Hall–Kier alpha value is -0.570. The second-order valence-corrected chi connectivity index (χ2v) is 2.93. The van der Waals surface area contributed by atoms with E-state index in [2.05, 4.69) is 9.47 Å². The van der Waals surface area contributed by atoms with Crippen LogP contribution < -0.4 is 0 Å². The van der Waals surface area contributed by atoms with Crippen molar-refractivity contribution in [2.24, 2.45) is 0 Å². The zero-order valence-corrected chi connectivity index (χ0v) is 6.95. The van der Waals surface area contributed by atoms with E-state index in [0.29, 0.717) is 0 Å². The molecule has 2 nitrogen and oxygen atoms in total. The van der Waals surface area contributed by atoms with Crippen molar-refractivity contribution in [1.82, 2.24) is 0 Å². The van der Waals surface area contributed by atoms with Crippen LogP contribution in [-0.4, -0.2) is 31.1 Å². The summed E-state index contributed by atoms with van der Waals surface area (Å²) in [6.07, 6.45) is -14.2. The summed E-state index contributed by atoms with van der Waals surface area (Å²) in [6, 6.07) is 0. The summed E-state index contributed by atoms with van der Waals surface area (Å²) >= 11 is 0. The predicted molar refractivity (Wildman–Crippen MR) is 31.4 cm³/mol. The van der Waals surface area contributed by atoms with E-state index < -0.39 is 30.9 Å². The highest BCUT2D eigenvalue weighted by molar-refractivity contribution is 4.85. The molecule has 0 aromatic rings. The van der Waals surface area contributed by atoms with Crippen molar-refractivity contribution in [3.8, 4) is 0 Å². The first kappa shape index (κ1) is 12.5. The number of alkyl halides is 7. The molecule has 0 aromatic heterocycles. The van der Waals surface area contributed by atoms with Gasteiger partial charge in [0, 0.05) is 6.42 Å². The fraction of sp³-hybridized carbons (Fsp3) is 1.00. The first-order chi connectivity index (χ1) is 6.54. The van der Waals surface area contributed by atoms with Gasteiger partial charge in [-0.1, -0.05) is 0 Å². The fourth-order valence-electron chi connectivity index (χ4n) is 0.877. The first-order valence-corrected chi connectivity index (χ1v) is 3.68. The Kier molecular flexibility index (Phi) is 2.90. The third kappa shape index (κ3) is 3.49. The van der Waals surface area contributed by atoms with E-state index in [1.165, 1.54) is 0 Å². The van der Waals surface area contributed by atoms with Gasteiger partial charge in [-0.05, 0) is 0 Å². The highest BCUT2D eigenvalue weighted by Gasteiger charge is 2.64. The average molecular weight is 242 g/mol. The Morgan fingerprint density at radius 1 is 1.07 bits per heavy atom. The summed E-state index contributed by atoms with van der Waals surface area (Å²) in [5.41, 5.74) is 0. The van der Waals surface area contributed by atoms with Crippen LogP contribution in [0.3, 0.4) is 0 Å². The third-order valence-electron chi connectivity index (χ3n) is 1.59. The monoisotopic (exact) mass is 242 g/mol. The van der Waals surface area contributed by atoms with E-state index in [1.54, 1.807) is 0 Å². The molecule has 15 heavy (non-hydrogen) atoms. The molecule has 1 rings (SSSR count). The number of halogens is 7. The Morgan fingerprint density at radius 2 is 1.53 bits per heavy atom. The van der Waals surface area contributed by atoms with Gasteiger partial charge >= 0.3 is 18.4 Å². The van der Waals surface area contributed by atoms with E-state index in [9.17, 15) is 30.7 Å². The van der Waals surface area contributed by atoms with E-state index >= 15 is 0 Å². The van der Waals surface area contributed by atoms with Crippen LogP contribution in [0.25, 0.3) is 0 Å². The minimum atomic E-state index is -5.76. The van der Waals surface area contributed by atoms with Crippen molar-refractivity contribution in [2.45, 2.75) is 30.9 Å². The lowest BCUT2D eigenvalue weighted by atomic mass is 10.1. The maximum atomic E-state index is 12.9. The number of hydrogen-bond acceptors (Lipinski definition) is 2. The minimum Gasteiger partial charge on any atom is -0.373 e. The lowest BCUT2D eigenvalue weighted by molar-refractivity contribution is -0.449. The fourth-order valence-corrected chi connectivity index (χ4v) is 0.877. The zero-order valence-electron chi connectivity index (χ0n) is 6.95. The predicted octanol–water partition coefficient (Wildman–Crippen LogP) is 2.54. The van der Waals surface area contributed by atoms with Crippen LogP contribution in [-0.2, 0) is 9.47 Å². The maximum Gasteiger partial charge on any atom is 0.525 e. The van der Waals surface area contributed by atoms with Gasteiger partial charge in [0.05, 0.1) is 12.7 Å². The Bertz CT molecular complexity index is 231. The normalized spacial score (nSPS) is 26.2. The SMILES string of the molecule is FC(F)(F)O[C@@](F)(C[C@@H]1CO1)C(F)(F)F. The number of ether oxygens (including phenoxy) is 2. The molecule has 1 aliphatic rings. The molecule has 1 fully saturated rings. The van der Waals surface area contributed by atoms with Crippen LogP contribution >= 0.6 is 0 Å². The van der Waals surface area contributed by atoms with Gasteiger partial charge in [0.1, 0.15) is 0 Å². The number of epoxide rings is 1. The van der Waals surface area contributed by atoms with Gasteiger partial charge in [-0.2, -0.15) is 13.2 Å². The molecule has 1 heterocycles. The molecule has 0 aromatic carbocycles. The molecule has 2 atom stereocenters. The molecule has 0 N–H and O–H groups in total. The van der Waals surface area contributed by atoms with Gasteiger partial charge in [0.25, 0.3) is 0 Å². The highest BCUT2D eigenvalue weighted by Crippen LogP contribution is 2.44. The Balaban J connectivity index is 2.75. The molecule has 90 valence electrons. The molecule has 0 bridgehead atoms. The van der Waals surface area contributed by atoms with Gasteiger partial charge in [0.15, 0.2) is 0 Å². The zero-order chi connectivity index (χ0) is 11.9. The topological polar surface area (TPSA) is 21.8 Å². The molecule has 0 amide bonds. The average Bonchev–Trinajstić information content (AvgIpc) is 2.63. The summed E-state index contributed by atoms with van der Waals surface area (Å²) in [6.45, 7) is -0.205. The summed E-state index contributed by atoms with van der Waals surface area (Å²) < 4.78 is 90.2. The van der Waals surface area contributed by atoms with Gasteiger partial charge < -0.3 is 4.74 Å². The van der Waals surface area contributed by atoms with Crippen LogP contribution in [0.2, 0.25) is 0 Å². The van der Waals surface area contributed by atoms with E-state index in [1.807, 2.05) is 0 Å². The van der Waals surface area contributed by atoms with Gasteiger partial charge in [0.2, 0.25) is 0 Å². The second-order valence-electron chi connectivity index (χ2n) is 2.93. The number of rotatable bonds is 3. The maximum absolute atomic E-state index is 12.9. The molecular formula is C6H5F7O2. The molecule has 0 aliphatic carbocycles. The number of hydrogen-bond donors (Lipinski definition) is 0. The van der Waals surface area contributed by atoms with Crippen LogP contribution in [0.4, 0.5) is 30.7 Å². The Morgan fingerprint density at radius 3 is 1.80 bits per heavy atom. The van der Waals surface area contributed by atoms with Crippen molar-refractivity contribution >= 4 is 0 Å². The van der Waals surface area contributed by atoms with Gasteiger partial charge in [-0.3, -0.25) is 0 Å². The van der Waals surface area contributed by atoms with Gasteiger partial charge in [-0.25, -0.2) is 9.13 Å². The second kappa shape index (κ2) is 3.48. The standard InChI is InChI=1S/C6H5F7O2/c7-4(5(8,9)10,1-3-2-14-3)15-6(11,12)13/h3H,1-2H2/t3-,4+/m1/s1. The van der Waals surface area contributed by atoms with E-state index in [0.717, 1.165) is 0 Å². The summed E-state index contributed by atoms with van der Waals surface area (Å²) in [5.74, 6) is -4.74. The van der Waals surface area contributed by atoms with Crippen molar-refractivity contribution in [3.63, 3.8) is 0 Å². The van der Waals surface area contributed by atoms with Crippen LogP contribution in [0.5, 0.6) is 0 Å². The van der Waals surface area contributed by atoms with E-state index in [-0.39, 0.29) is 6.61 Å². The lowest BCUT2D eigenvalue weighted by Gasteiger charge is -2.27. The van der Waals surface area contributed by atoms with Crippen molar-refractivity contribution in [3.05, 3.63) is 0 Å². The quantitative estimate of drug-likeness (QED) is 0.560.